The number of guanidine groups is 1. The number of hydrogen-bond donors (Lipinski definition) is 3. The van der Waals surface area contributed by atoms with Crippen LogP contribution in [-0.4, -0.2) is 43.9 Å². The molecule has 25 heavy (non-hydrogen) atoms. The zero-order valence-electron chi connectivity index (χ0n) is 15.3. The van der Waals surface area contributed by atoms with Crippen molar-refractivity contribution in [2.75, 3.05) is 32.8 Å². The maximum absolute atomic E-state index is 12.9. The number of halogens is 2. The number of ether oxygens (including phenoxy) is 1. The molecule has 7 heteroatoms. The lowest BCUT2D eigenvalue weighted by atomic mass is 10.1. The summed E-state index contributed by atoms with van der Waals surface area (Å²) < 4.78 is 18.4. The SMILES string of the molecule is CCNC(=NCC(O)c1ccc(F)cc1)NCCCOCC(C)C.I. The number of nitrogens with one attached hydrogen (secondary N) is 2. The molecule has 0 saturated heterocycles. The summed E-state index contributed by atoms with van der Waals surface area (Å²) in [6.07, 6.45) is 0.132. The highest BCUT2D eigenvalue weighted by Gasteiger charge is 2.07. The zero-order chi connectivity index (χ0) is 17.8. The van der Waals surface area contributed by atoms with Gasteiger partial charge in [-0.2, -0.15) is 0 Å². The molecule has 1 unspecified atom stereocenters. The van der Waals surface area contributed by atoms with E-state index in [9.17, 15) is 9.50 Å². The number of aliphatic imine (C=N–C) groups is 1. The predicted octanol–water partition coefficient (Wildman–Crippen LogP) is 3.09. The number of nitrogens with zero attached hydrogens (tertiary/aromatic N) is 1. The molecule has 144 valence electrons. The van der Waals surface area contributed by atoms with Gasteiger partial charge in [-0.05, 0) is 37.0 Å². The van der Waals surface area contributed by atoms with Gasteiger partial charge >= 0.3 is 0 Å². The lowest BCUT2D eigenvalue weighted by Gasteiger charge is -2.13. The van der Waals surface area contributed by atoms with E-state index in [2.05, 4.69) is 29.5 Å². The van der Waals surface area contributed by atoms with Crippen molar-refractivity contribution in [2.24, 2.45) is 10.9 Å². The van der Waals surface area contributed by atoms with Crippen LogP contribution in [0.4, 0.5) is 4.39 Å². The van der Waals surface area contributed by atoms with E-state index in [1.54, 1.807) is 12.1 Å². The van der Waals surface area contributed by atoms with E-state index in [0.29, 0.717) is 24.0 Å². The van der Waals surface area contributed by atoms with Crippen molar-refractivity contribution >= 4 is 29.9 Å². The van der Waals surface area contributed by atoms with Gasteiger partial charge in [-0.25, -0.2) is 4.39 Å². The van der Waals surface area contributed by atoms with Gasteiger partial charge in [0, 0.05) is 26.3 Å². The van der Waals surface area contributed by atoms with Crippen LogP contribution < -0.4 is 10.6 Å². The first kappa shape index (κ1) is 24.1. The quantitative estimate of drug-likeness (QED) is 0.214. The number of aliphatic hydroxyl groups excluding tert-OH is 1. The van der Waals surface area contributed by atoms with Crippen LogP contribution in [0.2, 0.25) is 0 Å². The summed E-state index contributed by atoms with van der Waals surface area (Å²) in [6, 6.07) is 5.82. The van der Waals surface area contributed by atoms with Crippen LogP contribution in [0.1, 0.15) is 38.9 Å². The Bertz CT molecular complexity index is 484. The summed E-state index contributed by atoms with van der Waals surface area (Å²) in [4.78, 5) is 4.37. The maximum Gasteiger partial charge on any atom is 0.191 e. The number of hydrogen-bond acceptors (Lipinski definition) is 3. The molecule has 3 N–H and O–H groups in total. The van der Waals surface area contributed by atoms with Crippen LogP contribution >= 0.6 is 24.0 Å². The Balaban J connectivity index is 0.00000576. The van der Waals surface area contributed by atoms with Crippen LogP contribution in [0.5, 0.6) is 0 Å². The number of rotatable bonds is 10. The van der Waals surface area contributed by atoms with Crippen molar-refractivity contribution < 1.29 is 14.2 Å². The second kappa shape index (κ2) is 14.3. The first-order valence-electron chi connectivity index (χ1n) is 8.56. The van der Waals surface area contributed by atoms with Gasteiger partial charge < -0.3 is 20.5 Å². The Morgan fingerprint density at radius 1 is 1.24 bits per heavy atom. The predicted molar refractivity (Wildman–Crippen MR) is 111 cm³/mol. The summed E-state index contributed by atoms with van der Waals surface area (Å²) in [5, 5.41) is 16.5. The van der Waals surface area contributed by atoms with E-state index < -0.39 is 6.10 Å². The smallest absolute Gasteiger partial charge is 0.191 e. The van der Waals surface area contributed by atoms with Crippen LogP contribution in [0, 0.1) is 11.7 Å². The molecule has 0 aliphatic rings. The Kier molecular flexibility index (Phi) is 13.7. The maximum atomic E-state index is 12.9. The highest BCUT2D eigenvalue weighted by atomic mass is 127. The molecule has 1 aromatic carbocycles. The van der Waals surface area contributed by atoms with Gasteiger partial charge in [0.05, 0.1) is 12.6 Å². The van der Waals surface area contributed by atoms with Crippen LogP contribution in [0.15, 0.2) is 29.3 Å². The number of benzene rings is 1. The minimum atomic E-state index is -0.754. The molecule has 0 amide bonds. The fraction of sp³-hybridized carbons (Fsp3) is 0.611. The van der Waals surface area contributed by atoms with E-state index in [1.165, 1.54) is 12.1 Å². The second-order valence-corrected chi connectivity index (χ2v) is 6.04. The van der Waals surface area contributed by atoms with E-state index in [4.69, 9.17) is 4.74 Å². The minimum Gasteiger partial charge on any atom is -0.386 e. The molecular weight excluding hydrogens is 436 g/mol. The minimum absolute atomic E-state index is 0. The van der Waals surface area contributed by atoms with Crippen LogP contribution in [-0.2, 0) is 4.74 Å². The molecule has 0 saturated carbocycles. The molecule has 0 aliphatic carbocycles. The standard InChI is InChI=1S/C18H30FN3O2.HI/c1-4-20-18(21-10-5-11-24-13-14(2)3)22-12-17(23)15-6-8-16(19)9-7-15;/h6-9,14,17,23H,4-5,10-13H2,1-3H3,(H2,20,21,22);1H. The van der Waals surface area contributed by atoms with Gasteiger partial charge in [0.15, 0.2) is 5.96 Å². The van der Waals surface area contributed by atoms with Crippen molar-refractivity contribution in [2.45, 2.75) is 33.3 Å². The summed E-state index contributed by atoms with van der Waals surface area (Å²) in [5.41, 5.74) is 0.651. The zero-order valence-corrected chi connectivity index (χ0v) is 17.6. The Labute approximate surface area is 167 Å². The molecule has 1 atom stereocenters. The first-order chi connectivity index (χ1) is 11.5. The fourth-order valence-electron chi connectivity index (χ4n) is 2.01. The van der Waals surface area contributed by atoms with E-state index >= 15 is 0 Å². The van der Waals surface area contributed by atoms with Gasteiger partial charge in [-0.1, -0.05) is 26.0 Å². The van der Waals surface area contributed by atoms with Crippen molar-refractivity contribution in [1.82, 2.24) is 10.6 Å². The van der Waals surface area contributed by atoms with Crippen LogP contribution in [0.3, 0.4) is 0 Å². The molecule has 5 nitrogen and oxygen atoms in total. The lowest BCUT2D eigenvalue weighted by molar-refractivity contribution is 0.108. The fourth-order valence-corrected chi connectivity index (χ4v) is 2.01. The average Bonchev–Trinajstić information content (AvgIpc) is 2.55. The topological polar surface area (TPSA) is 65.9 Å². The van der Waals surface area contributed by atoms with Crippen molar-refractivity contribution in [3.05, 3.63) is 35.6 Å². The van der Waals surface area contributed by atoms with E-state index in [1.807, 2.05) is 6.92 Å². The third-order valence-corrected chi connectivity index (χ3v) is 3.23. The molecule has 0 spiro atoms. The van der Waals surface area contributed by atoms with Crippen molar-refractivity contribution in [1.29, 1.82) is 0 Å². The van der Waals surface area contributed by atoms with Gasteiger partial charge in [0.25, 0.3) is 0 Å². The second-order valence-electron chi connectivity index (χ2n) is 6.04. The summed E-state index contributed by atoms with van der Waals surface area (Å²) >= 11 is 0. The molecule has 0 radical (unpaired) electrons. The van der Waals surface area contributed by atoms with Gasteiger partial charge in [0.2, 0.25) is 0 Å². The lowest BCUT2D eigenvalue weighted by Crippen LogP contribution is -2.38. The molecule has 1 rings (SSSR count). The third-order valence-electron chi connectivity index (χ3n) is 3.23. The Hall–Kier alpha value is -0.930. The Morgan fingerprint density at radius 3 is 2.52 bits per heavy atom. The summed E-state index contributed by atoms with van der Waals surface area (Å²) in [5.74, 6) is 0.886. The highest BCUT2D eigenvalue weighted by Crippen LogP contribution is 2.13. The average molecular weight is 467 g/mol. The van der Waals surface area contributed by atoms with Gasteiger partial charge in [0.1, 0.15) is 5.82 Å². The number of aliphatic hydroxyl groups is 1. The van der Waals surface area contributed by atoms with Crippen molar-refractivity contribution in [3.63, 3.8) is 0 Å². The normalized spacial score (nSPS) is 12.6. The van der Waals surface area contributed by atoms with Gasteiger partial charge in [-0.3, -0.25) is 4.99 Å². The molecule has 0 bridgehead atoms. The Morgan fingerprint density at radius 2 is 1.92 bits per heavy atom. The summed E-state index contributed by atoms with van der Waals surface area (Å²) in [6.45, 7) is 9.42. The molecule has 0 aromatic heterocycles. The molecule has 1 aromatic rings. The van der Waals surface area contributed by atoms with Crippen LogP contribution in [0.25, 0.3) is 0 Å². The monoisotopic (exact) mass is 467 g/mol. The third kappa shape index (κ3) is 11.3. The molecule has 0 aliphatic heterocycles. The summed E-state index contributed by atoms with van der Waals surface area (Å²) in [7, 11) is 0. The molecule has 0 heterocycles. The molecule has 0 fully saturated rings. The van der Waals surface area contributed by atoms with Crippen molar-refractivity contribution in [3.8, 4) is 0 Å². The first-order valence-corrected chi connectivity index (χ1v) is 8.56. The van der Waals surface area contributed by atoms with Gasteiger partial charge in [-0.15, -0.1) is 24.0 Å². The van der Waals surface area contributed by atoms with E-state index in [-0.39, 0.29) is 36.3 Å². The van der Waals surface area contributed by atoms with E-state index in [0.717, 1.165) is 26.1 Å². The molecular formula is C18H31FIN3O2. The largest absolute Gasteiger partial charge is 0.386 e. The highest BCUT2D eigenvalue weighted by molar-refractivity contribution is 14.0.